The normalized spacial score (nSPS) is 11.0. The largest absolute Gasteiger partial charge is 0.399 e. The highest BCUT2D eigenvalue weighted by atomic mass is 32.2. The molecule has 0 unspecified atom stereocenters. The molecular weight excluding hydrogens is 264 g/mol. The fraction of sp³-hybridized carbons (Fsp3) is 0.200. The van der Waals surface area contributed by atoms with Crippen LogP contribution in [0.4, 0.5) is 14.5 Å². The first-order valence-electron chi connectivity index (χ1n) is 5.99. The van der Waals surface area contributed by atoms with E-state index in [-0.39, 0.29) is 10.6 Å². The van der Waals surface area contributed by atoms with Crippen LogP contribution in [-0.2, 0) is 0 Å². The van der Waals surface area contributed by atoms with Gasteiger partial charge in [-0.05, 0) is 35.7 Å². The molecule has 0 bridgehead atoms. The zero-order chi connectivity index (χ0) is 14.0. The molecule has 0 radical (unpaired) electrons. The molecule has 0 atom stereocenters. The Kier molecular flexibility index (Phi) is 4.10. The Morgan fingerprint density at radius 2 is 1.53 bits per heavy atom. The van der Waals surface area contributed by atoms with Crippen molar-refractivity contribution in [2.24, 2.45) is 0 Å². The molecule has 2 rings (SSSR count). The summed E-state index contributed by atoms with van der Waals surface area (Å²) in [6.45, 7) is 4.20. The summed E-state index contributed by atoms with van der Waals surface area (Å²) >= 11 is 1.06. The van der Waals surface area contributed by atoms with Gasteiger partial charge >= 0.3 is 0 Å². The van der Waals surface area contributed by atoms with E-state index in [2.05, 4.69) is 13.8 Å². The number of nitrogens with two attached hydrogens (primary N) is 1. The van der Waals surface area contributed by atoms with Crippen LogP contribution >= 0.6 is 11.8 Å². The Bertz CT molecular complexity index is 556. The van der Waals surface area contributed by atoms with E-state index < -0.39 is 11.6 Å². The molecule has 4 heteroatoms. The Labute approximate surface area is 115 Å². The van der Waals surface area contributed by atoms with E-state index in [0.29, 0.717) is 5.92 Å². The molecule has 2 aromatic carbocycles. The lowest BCUT2D eigenvalue weighted by Crippen LogP contribution is -1.93. The topological polar surface area (TPSA) is 26.0 Å². The number of benzene rings is 2. The average molecular weight is 279 g/mol. The number of hydrogen-bond donors (Lipinski definition) is 1. The summed E-state index contributed by atoms with van der Waals surface area (Å²) in [6, 6.07) is 9.95. The van der Waals surface area contributed by atoms with Crippen molar-refractivity contribution in [2.45, 2.75) is 29.6 Å². The second-order valence-electron chi connectivity index (χ2n) is 4.64. The first-order chi connectivity index (χ1) is 8.97. The first kappa shape index (κ1) is 13.9. The van der Waals surface area contributed by atoms with E-state index in [1.165, 1.54) is 5.56 Å². The van der Waals surface area contributed by atoms with Gasteiger partial charge in [-0.15, -0.1) is 0 Å². The monoisotopic (exact) mass is 279 g/mol. The number of anilines is 1. The standard InChI is InChI=1S/C15H15F2NS/c1-9(2)10-3-5-12(6-4-10)19-15-13(16)7-11(18)8-14(15)17/h3-9H,18H2,1-2H3. The van der Waals surface area contributed by atoms with E-state index in [9.17, 15) is 8.78 Å². The van der Waals surface area contributed by atoms with Crippen molar-refractivity contribution in [2.75, 3.05) is 5.73 Å². The van der Waals surface area contributed by atoms with Crippen molar-refractivity contribution in [3.05, 3.63) is 53.6 Å². The van der Waals surface area contributed by atoms with Crippen LogP contribution in [0.3, 0.4) is 0 Å². The van der Waals surface area contributed by atoms with E-state index in [1.54, 1.807) is 0 Å². The van der Waals surface area contributed by atoms with Crippen LogP contribution in [0.1, 0.15) is 25.3 Å². The maximum Gasteiger partial charge on any atom is 0.142 e. The molecule has 0 aliphatic rings. The maximum atomic E-state index is 13.7. The van der Waals surface area contributed by atoms with E-state index in [4.69, 9.17) is 5.73 Å². The summed E-state index contributed by atoms with van der Waals surface area (Å²) < 4.78 is 27.3. The molecule has 0 heterocycles. The van der Waals surface area contributed by atoms with Crippen LogP contribution in [0, 0.1) is 11.6 Å². The van der Waals surface area contributed by atoms with Crippen molar-refractivity contribution in [1.29, 1.82) is 0 Å². The third-order valence-electron chi connectivity index (χ3n) is 2.79. The van der Waals surface area contributed by atoms with Crippen LogP contribution in [-0.4, -0.2) is 0 Å². The van der Waals surface area contributed by atoms with Gasteiger partial charge in [0.1, 0.15) is 11.6 Å². The SMILES string of the molecule is CC(C)c1ccc(Sc2c(F)cc(N)cc2F)cc1. The zero-order valence-corrected chi connectivity index (χ0v) is 11.6. The summed E-state index contributed by atoms with van der Waals surface area (Å²) in [6.07, 6.45) is 0. The maximum absolute atomic E-state index is 13.7. The van der Waals surface area contributed by atoms with Crippen LogP contribution in [0.5, 0.6) is 0 Å². The van der Waals surface area contributed by atoms with Gasteiger partial charge in [-0.3, -0.25) is 0 Å². The van der Waals surface area contributed by atoms with Crippen LogP contribution < -0.4 is 5.73 Å². The molecule has 0 spiro atoms. The smallest absolute Gasteiger partial charge is 0.142 e. The lowest BCUT2D eigenvalue weighted by atomic mass is 10.0. The minimum absolute atomic E-state index is 0.0218. The molecule has 100 valence electrons. The molecule has 0 aliphatic carbocycles. The minimum atomic E-state index is -0.629. The second kappa shape index (κ2) is 5.61. The predicted molar refractivity (Wildman–Crippen MR) is 75.4 cm³/mol. The highest BCUT2D eigenvalue weighted by Crippen LogP contribution is 2.33. The summed E-state index contributed by atoms with van der Waals surface area (Å²) in [5.74, 6) is -0.824. The van der Waals surface area contributed by atoms with Gasteiger partial charge in [0.2, 0.25) is 0 Å². The highest BCUT2D eigenvalue weighted by molar-refractivity contribution is 7.99. The molecule has 1 nitrogen and oxygen atoms in total. The molecule has 0 saturated carbocycles. The summed E-state index contributed by atoms with van der Waals surface area (Å²) in [4.78, 5) is 0.776. The molecule has 19 heavy (non-hydrogen) atoms. The van der Waals surface area contributed by atoms with Crippen LogP contribution in [0.25, 0.3) is 0 Å². The Morgan fingerprint density at radius 3 is 2.00 bits per heavy atom. The predicted octanol–water partition coefficient (Wildman–Crippen LogP) is 4.82. The number of nitrogen functional groups attached to an aromatic ring is 1. The molecule has 0 amide bonds. The van der Waals surface area contributed by atoms with E-state index in [0.717, 1.165) is 28.8 Å². The molecule has 2 N–H and O–H groups in total. The third kappa shape index (κ3) is 3.26. The first-order valence-corrected chi connectivity index (χ1v) is 6.81. The zero-order valence-electron chi connectivity index (χ0n) is 10.8. The van der Waals surface area contributed by atoms with Crippen LogP contribution in [0.2, 0.25) is 0 Å². The van der Waals surface area contributed by atoms with Gasteiger partial charge in [-0.25, -0.2) is 8.78 Å². The molecule has 0 fully saturated rings. The third-order valence-corrected chi connectivity index (χ3v) is 3.89. The summed E-state index contributed by atoms with van der Waals surface area (Å²) in [5, 5.41) is 0. The fourth-order valence-corrected chi connectivity index (χ4v) is 2.54. The van der Waals surface area contributed by atoms with Gasteiger partial charge in [0.05, 0.1) is 4.90 Å². The summed E-state index contributed by atoms with van der Waals surface area (Å²) in [7, 11) is 0. The average Bonchev–Trinajstić information content (AvgIpc) is 2.34. The van der Waals surface area contributed by atoms with Crippen molar-refractivity contribution >= 4 is 17.4 Å². The molecule has 0 aliphatic heterocycles. The lowest BCUT2D eigenvalue weighted by Gasteiger charge is -2.08. The second-order valence-corrected chi connectivity index (χ2v) is 5.72. The Morgan fingerprint density at radius 1 is 1.00 bits per heavy atom. The number of hydrogen-bond acceptors (Lipinski definition) is 2. The molecular formula is C15H15F2NS. The van der Waals surface area contributed by atoms with Gasteiger partial charge < -0.3 is 5.73 Å². The van der Waals surface area contributed by atoms with Crippen molar-refractivity contribution < 1.29 is 8.78 Å². The van der Waals surface area contributed by atoms with Gasteiger partial charge in [0.15, 0.2) is 0 Å². The van der Waals surface area contributed by atoms with Gasteiger partial charge in [0, 0.05) is 10.6 Å². The van der Waals surface area contributed by atoms with Crippen LogP contribution in [0.15, 0.2) is 46.2 Å². The highest BCUT2D eigenvalue weighted by Gasteiger charge is 2.12. The Balaban J connectivity index is 2.26. The number of rotatable bonds is 3. The lowest BCUT2D eigenvalue weighted by molar-refractivity contribution is 0.542. The molecule has 0 aromatic heterocycles. The van der Waals surface area contributed by atoms with E-state index in [1.807, 2.05) is 24.3 Å². The molecule has 0 saturated heterocycles. The van der Waals surface area contributed by atoms with Gasteiger partial charge in [-0.1, -0.05) is 37.7 Å². The Hall–Kier alpha value is -1.55. The van der Waals surface area contributed by atoms with Crippen molar-refractivity contribution in [3.8, 4) is 0 Å². The summed E-state index contributed by atoms with van der Waals surface area (Å²) in [5.41, 5.74) is 6.67. The van der Waals surface area contributed by atoms with Crippen molar-refractivity contribution in [3.63, 3.8) is 0 Å². The van der Waals surface area contributed by atoms with Crippen molar-refractivity contribution in [1.82, 2.24) is 0 Å². The van der Waals surface area contributed by atoms with Gasteiger partial charge in [0.25, 0.3) is 0 Å². The number of halogens is 2. The minimum Gasteiger partial charge on any atom is -0.399 e. The van der Waals surface area contributed by atoms with E-state index >= 15 is 0 Å². The molecule has 2 aromatic rings. The van der Waals surface area contributed by atoms with Gasteiger partial charge in [-0.2, -0.15) is 0 Å². The fourth-order valence-electron chi connectivity index (χ4n) is 1.72. The quantitative estimate of drug-likeness (QED) is 0.815.